The van der Waals surface area contributed by atoms with Crippen LogP contribution in [-0.2, 0) is 0 Å². The van der Waals surface area contributed by atoms with E-state index in [4.69, 9.17) is 9.15 Å². The van der Waals surface area contributed by atoms with Crippen molar-refractivity contribution in [3.63, 3.8) is 0 Å². The van der Waals surface area contributed by atoms with Crippen LogP contribution >= 0.6 is 0 Å². The Kier molecular flexibility index (Phi) is 6.81. The zero-order valence-corrected chi connectivity index (χ0v) is 14.5. The molecule has 0 spiro atoms. The van der Waals surface area contributed by atoms with Crippen LogP contribution < -0.4 is 10.4 Å². The van der Waals surface area contributed by atoms with Gasteiger partial charge in [0.1, 0.15) is 17.9 Å². The first kappa shape index (κ1) is 18.8. The maximum absolute atomic E-state index is 11.8. The second-order valence-corrected chi connectivity index (χ2v) is 6.04. The van der Waals surface area contributed by atoms with Gasteiger partial charge in [-0.2, -0.15) is 0 Å². The van der Waals surface area contributed by atoms with Crippen LogP contribution in [0.25, 0.3) is 11.0 Å². The molecule has 0 saturated heterocycles. The SMILES string of the molecule is C=CC[N+](C)([O-])CC#CCCCCOc1ccc2ccc(=O)oc2c1. The molecule has 1 aromatic heterocycles. The van der Waals surface area contributed by atoms with E-state index in [0.717, 1.165) is 24.6 Å². The van der Waals surface area contributed by atoms with Gasteiger partial charge in [0.2, 0.25) is 0 Å². The average Bonchev–Trinajstić information content (AvgIpc) is 2.56. The van der Waals surface area contributed by atoms with Crippen molar-refractivity contribution in [3.05, 3.63) is 58.6 Å². The normalized spacial score (nSPS) is 12.9. The first-order valence-electron chi connectivity index (χ1n) is 8.29. The van der Waals surface area contributed by atoms with Crippen LogP contribution in [0.15, 0.2) is 52.2 Å². The molecule has 5 nitrogen and oxygen atoms in total. The Bertz CT molecular complexity index is 827. The minimum Gasteiger partial charge on any atom is -0.632 e. The molecule has 0 aliphatic heterocycles. The molecule has 0 bridgehead atoms. The highest BCUT2D eigenvalue weighted by Gasteiger charge is 2.03. The van der Waals surface area contributed by atoms with E-state index in [1.807, 2.05) is 12.1 Å². The lowest BCUT2D eigenvalue weighted by molar-refractivity contribution is -0.846. The van der Waals surface area contributed by atoms with Crippen molar-refractivity contribution < 1.29 is 13.8 Å². The second-order valence-electron chi connectivity index (χ2n) is 6.04. The Morgan fingerprint density at radius 1 is 1.28 bits per heavy atom. The molecule has 0 aliphatic carbocycles. The van der Waals surface area contributed by atoms with Gasteiger partial charge in [-0.1, -0.05) is 12.5 Å². The standard InChI is InChI=1S/C20H23NO4/c1-3-13-21(2,23)14-7-5-4-6-8-15-24-18-11-9-17-10-12-20(22)25-19(17)16-18/h3,9-12,16H,1,4,6,8,13-15H2,2H3. The molecule has 2 aromatic rings. The molecule has 1 unspecified atom stereocenters. The van der Waals surface area contributed by atoms with Gasteiger partial charge in [-0.25, -0.2) is 4.79 Å². The Balaban J connectivity index is 1.70. The minimum absolute atomic E-state index is 0.283. The molecule has 0 N–H and O–H groups in total. The topological polar surface area (TPSA) is 62.5 Å². The number of hydrogen-bond acceptors (Lipinski definition) is 4. The Morgan fingerprint density at radius 3 is 2.88 bits per heavy atom. The Morgan fingerprint density at radius 2 is 2.08 bits per heavy atom. The van der Waals surface area contributed by atoms with Crippen molar-refractivity contribution in [2.45, 2.75) is 19.3 Å². The summed E-state index contributed by atoms with van der Waals surface area (Å²) in [5, 5.41) is 12.7. The van der Waals surface area contributed by atoms with Crippen LogP contribution in [0.4, 0.5) is 0 Å². The molecule has 1 atom stereocenters. The first-order chi connectivity index (χ1) is 12.0. The fourth-order valence-electron chi connectivity index (χ4n) is 2.29. The van der Waals surface area contributed by atoms with Gasteiger partial charge < -0.3 is 19.0 Å². The smallest absolute Gasteiger partial charge is 0.336 e. The summed E-state index contributed by atoms with van der Waals surface area (Å²) in [4.78, 5) is 11.2. The molecular formula is C20H23NO4. The highest BCUT2D eigenvalue weighted by atomic mass is 16.5. The lowest BCUT2D eigenvalue weighted by Crippen LogP contribution is -2.37. The van der Waals surface area contributed by atoms with E-state index in [1.54, 1.807) is 25.3 Å². The molecule has 0 fully saturated rings. The molecule has 25 heavy (non-hydrogen) atoms. The van der Waals surface area contributed by atoms with Crippen LogP contribution in [0.2, 0.25) is 0 Å². The number of hydroxylamine groups is 3. The van der Waals surface area contributed by atoms with Gasteiger partial charge >= 0.3 is 5.63 Å². The number of likely N-dealkylation sites (N-methyl/N-ethyl adjacent to an activating group) is 1. The summed E-state index contributed by atoms with van der Waals surface area (Å²) in [7, 11) is 1.59. The van der Waals surface area contributed by atoms with E-state index in [9.17, 15) is 10.0 Å². The highest BCUT2D eigenvalue weighted by Crippen LogP contribution is 2.19. The molecule has 2 rings (SSSR count). The maximum atomic E-state index is 11.8. The van der Waals surface area contributed by atoms with Gasteiger partial charge in [-0.3, -0.25) is 0 Å². The molecule has 0 amide bonds. The van der Waals surface area contributed by atoms with Crippen molar-refractivity contribution in [2.75, 3.05) is 26.7 Å². The quantitative estimate of drug-likeness (QED) is 0.184. The van der Waals surface area contributed by atoms with Gasteiger partial charge in [-0.15, -0.1) is 0 Å². The van der Waals surface area contributed by atoms with Crippen molar-refractivity contribution in [2.24, 2.45) is 0 Å². The molecule has 0 radical (unpaired) electrons. The number of rotatable bonds is 8. The zero-order valence-electron chi connectivity index (χ0n) is 14.5. The second kappa shape index (κ2) is 9.07. The van der Waals surface area contributed by atoms with Gasteiger partial charge in [-0.05, 0) is 43.0 Å². The third kappa shape index (κ3) is 6.46. The fourth-order valence-corrected chi connectivity index (χ4v) is 2.29. The molecule has 1 aromatic carbocycles. The van der Waals surface area contributed by atoms with Crippen molar-refractivity contribution in [1.82, 2.24) is 0 Å². The van der Waals surface area contributed by atoms with Crippen molar-refractivity contribution in [3.8, 4) is 17.6 Å². The van der Waals surface area contributed by atoms with Gasteiger partial charge in [0.15, 0.2) is 0 Å². The summed E-state index contributed by atoms with van der Waals surface area (Å²) < 4.78 is 10.4. The van der Waals surface area contributed by atoms with Gasteiger partial charge in [0.25, 0.3) is 0 Å². The summed E-state index contributed by atoms with van der Waals surface area (Å²) in [5.74, 6) is 6.62. The van der Waals surface area contributed by atoms with Crippen molar-refractivity contribution in [1.29, 1.82) is 0 Å². The third-order valence-corrected chi connectivity index (χ3v) is 3.61. The van der Waals surface area contributed by atoms with Crippen LogP contribution in [-0.4, -0.2) is 31.4 Å². The monoisotopic (exact) mass is 341 g/mol. The number of unbranched alkanes of at least 4 members (excludes halogenated alkanes) is 2. The predicted molar refractivity (Wildman–Crippen MR) is 99.1 cm³/mol. The summed E-state index contributed by atoms with van der Waals surface area (Å²) in [6, 6.07) is 8.57. The highest BCUT2D eigenvalue weighted by molar-refractivity contribution is 5.77. The number of hydrogen-bond donors (Lipinski definition) is 0. The van der Waals surface area contributed by atoms with Gasteiger partial charge in [0.05, 0.1) is 20.2 Å². The number of quaternary nitrogens is 1. The number of benzene rings is 1. The molecular weight excluding hydrogens is 318 g/mol. The Hall–Kier alpha value is -2.55. The van der Waals surface area contributed by atoms with Crippen LogP contribution in [0.1, 0.15) is 19.3 Å². The minimum atomic E-state index is -0.405. The fraction of sp³-hybridized carbons (Fsp3) is 0.350. The van der Waals surface area contributed by atoms with E-state index in [1.165, 1.54) is 6.07 Å². The van der Waals surface area contributed by atoms with Gasteiger partial charge in [0, 0.05) is 23.9 Å². The van der Waals surface area contributed by atoms with Crippen LogP contribution in [0, 0.1) is 17.0 Å². The molecule has 1 heterocycles. The van der Waals surface area contributed by atoms with Crippen LogP contribution in [0.5, 0.6) is 5.75 Å². The Labute approximate surface area is 147 Å². The molecule has 5 heteroatoms. The third-order valence-electron chi connectivity index (χ3n) is 3.61. The van der Waals surface area contributed by atoms with E-state index >= 15 is 0 Å². The number of nitrogens with zero attached hydrogens (tertiary/aromatic N) is 1. The summed E-state index contributed by atoms with van der Waals surface area (Å²) in [6.45, 7) is 4.79. The largest absolute Gasteiger partial charge is 0.632 e. The lowest BCUT2D eigenvalue weighted by atomic mass is 10.2. The first-order valence-corrected chi connectivity index (χ1v) is 8.29. The maximum Gasteiger partial charge on any atom is 0.336 e. The van der Waals surface area contributed by atoms with E-state index < -0.39 is 4.65 Å². The van der Waals surface area contributed by atoms with E-state index in [-0.39, 0.29) is 12.2 Å². The molecule has 0 aliphatic rings. The predicted octanol–water partition coefficient (Wildman–Crippen LogP) is 3.48. The summed E-state index contributed by atoms with van der Waals surface area (Å²) in [6.07, 6.45) is 4.12. The molecule has 0 saturated carbocycles. The lowest BCUT2D eigenvalue weighted by Gasteiger charge is -2.35. The zero-order chi connectivity index (χ0) is 18.1. The number of fused-ring (bicyclic) bond motifs is 1. The molecule has 132 valence electrons. The number of ether oxygens (including phenoxy) is 1. The van der Waals surface area contributed by atoms with E-state index in [2.05, 4.69) is 18.4 Å². The summed E-state index contributed by atoms with van der Waals surface area (Å²) in [5.41, 5.74) is 0.151. The summed E-state index contributed by atoms with van der Waals surface area (Å²) >= 11 is 0. The van der Waals surface area contributed by atoms with E-state index in [0.29, 0.717) is 24.5 Å². The van der Waals surface area contributed by atoms with Crippen molar-refractivity contribution >= 4 is 11.0 Å². The van der Waals surface area contributed by atoms with Crippen LogP contribution in [0.3, 0.4) is 0 Å². The average molecular weight is 341 g/mol.